The molecule has 0 bridgehead atoms. The second-order valence-corrected chi connectivity index (χ2v) is 3.61. The predicted molar refractivity (Wildman–Crippen MR) is 69.1 cm³/mol. The molecule has 1 aromatic rings. The van der Waals surface area contributed by atoms with Gasteiger partial charge in [-0.25, -0.2) is 0 Å². The molecule has 0 saturated heterocycles. The van der Waals surface area contributed by atoms with Gasteiger partial charge >= 0.3 is 0 Å². The normalized spacial score (nSPS) is 15.8. The van der Waals surface area contributed by atoms with Crippen molar-refractivity contribution in [3.05, 3.63) is 53.5 Å². The number of fused-ring (bicyclic) bond motifs is 1. The Morgan fingerprint density at radius 3 is 2.81 bits per heavy atom. The van der Waals surface area contributed by atoms with Crippen molar-refractivity contribution in [3.63, 3.8) is 0 Å². The third-order valence-electron chi connectivity index (χ3n) is 2.33. The zero-order valence-electron chi connectivity index (χ0n) is 10.4. The van der Waals surface area contributed by atoms with Crippen LogP contribution in [-0.4, -0.2) is 4.98 Å². The molecular formula is C14H20N2. The van der Waals surface area contributed by atoms with E-state index in [1.54, 1.807) is 0 Å². The van der Waals surface area contributed by atoms with Crippen molar-refractivity contribution in [1.29, 1.82) is 0 Å². The van der Waals surface area contributed by atoms with Gasteiger partial charge in [0.2, 0.25) is 0 Å². The van der Waals surface area contributed by atoms with Crippen LogP contribution in [0, 0.1) is 6.92 Å². The molecule has 0 atom stereocenters. The lowest BCUT2D eigenvalue weighted by Gasteiger charge is -2.12. The number of rotatable bonds is 0. The maximum absolute atomic E-state index is 4.51. The lowest BCUT2D eigenvalue weighted by atomic mass is 10.0. The molecular weight excluding hydrogens is 196 g/mol. The van der Waals surface area contributed by atoms with E-state index < -0.39 is 0 Å². The highest BCUT2D eigenvalue weighted by Crippen LogP contribution is 2.14. The minimum absolute atomic E-state index is 0.806. The van der Waals surface area contributed by atoms with Crippen LogP contribution in [0.2, 0.25) is 0 Å². The smallest absolute Gasteiger partial charge is 0.0632 e. The number of allylic oxidation sites excluding steroid dienone is 2. The summed E-state index contributed by atoms with van der Waals surface area (Å²) in [5.74, 6) is 0. The summed E-state index contributed by atoms with van der Waals surface area (Å²) < 4.78 is 0. The van der Waals surface area contributed by atoms with Gasteiger partial charge in [0.05, 0.1) is 12.2 Å². The Bertz CT molecular complexity index is 392. The van der Waals surface area contributed by atoms with E-state index >= 15 is 0 Å². The van der Waals surface area contributed by atoms with E-state index in [4.69, 9.17) is 0 Å². The Morgan fingerprint density at radius 2 is 2.06 bits per heavy atom. The van der Waals surface area contributed by atoms with Crippen LogP contribution in [0.25, 0.3) is 0 Å². The number of hydrogen-bond donors (Lipinski definition) is 1. The first-order valence-corrected chi connectivity index (χ1v) is 5.79. The Kier molecular flexibility index (Phi) is 4.77. The Hall–Kier alpha value is -1.57. The van der Waals surface area contributed by atoms with Crippen molar-refractivity contribution < 1.29 is 0 Å². The van der Waals surface area contributed by atoms with Crippen molar-refractivity contribution in [2.24, 2.45) is 0 Å². The molecule has 0 aliphatic carbocycles. The molecule has 0 aromatic carbocycles. The summed E-state index contributed by atoms with van der Waals surface area (Å²) in [5.41, 5.74) is 4.60. The molecule has 2 heteroatoms. The van der Waals surface area contributed by atoms with Gasteiger partial charge in [-0.15, -0.1) is 0 Å². The summed E-state index contributed by atoms with van der Waals surface area (Å²) in [5, 5.41) is 3.20. The van der Waals surface area contributed by atoms with Gasteiger partial charge in [0, 0.05) is 5.69 Å². The summed E-state index contributed by atoms with van der Waals surface area (Å²) in [7, 11) is 0. The van der Waals surface area contributed by atoms with Crippen LogP contribution in [-0.2, 0) is 13.0 Å². The third-order valence-corrected chi connectivity index (χ3v) is 2.33. The van der Waals surface area contributed by atoms with Crippen LogP contribution >= 0.6 is 0 Å². The van der Waals surface area contributed by atoms with Crippen LogP contribution in [0.4, 0.5) is 0 Å². The predicted octanol–water partition coefficient (Wildman–Crippen LogP) is 3.13. The molecule has 16 heavy (non-hydrogen) atoms. The second kappa shape index (κ2) is 6.11. The topological polar surface area (TPSA) is 24.9 Å². The second-order valence-electron chi connectivity index (χ2n) is 3.61. The summed E-state index contributed by atoms with van der Waals surface area (Å²) >= 11 is 0. The maximum atomic E-state index is 4.51. The molecule has 0 radical (unpaired) electrons. The maximum Gasteiger partial charge on any atom is 0.0632 e. The van der Waals surface area contributed by atoms with Gasteiger partial charge in [-0.3, -0.25) is 4.98 Å². The Morgan fingerprint density at radius 1 is 1.31 bits per heavy atom. The first-order valence-electron chi connectivity index (χ1n) is 5.79. The third kappa shape index (κ3) is 3.23. The molecule has 2 nitrogen and oxygen atoms in total. The highest BCUT2D eigenvalue weighted by atomic mass is 14.9. The average molecular weight is 216 g/mol. The molecule has 0 amide bonds. The monoisotopic (exact) mass is 216 g/mol. The van der Waals surface area contributed by atoms with Crippen molar-refractivity contribution >= 4 is 0 Å². The van der Waals surface area contributed by atoms with E-state index in [2.05, 4.69) is 29.0 Å². The van der Waals surface area contributed by atoms with E-state index in [0.29, 0.717) is 0 Å². The van der Waals surface area contributed by atoms with E-state index in [9.17, 15) is 0 Å². The number of aryl methyl sites for hydroxylation is 1. The zero-order chi connectivity index (χ0) is 12.0. The highest BCUT2D eigenvalue weighted by Gasteiger charge is 2.06. The van der Waals surface area contributed by atoms with Gasteiger partial charge in [-0.1, -0.05) is 26.5 Å². The minimum Gasteiger partial charge on any atom is -0.385 e. The number of aromatic nitrogens is 1. The lowest BCUT2D eigenvalue weighted by molar-refractivity contribution is 0.803. The van der Waals surface area contributed by atoms with Crippen LogP contribution in [0.1, 0.15) is 30.8 Å². The number of hydrogen-bond acceptors (Lipinski definition) is 2. The number of nitrogens with zero attached hydrogens (tertiary/aromatic N) is 1. The van der Waals surface area contributed by atoms with Gasteiger partial charge in [0.1, 0.15) is 0 Å². The number of pyridine rings is 1. The van der Waals surface area contributed by atoms with Crippen LogP contribution < -0.4 is 5.32 Å². The molecule has 0 spiro atoms. The molecule has 1 aliphatic rings. The molecule has 1 aromatic heterocycles. The summed E-state index contributed by atoms with van der Waals surface area (Å²) in [6.07, 6.45) is 4.86. The van der Waals surface area contributed by atoms with Gasteiger partial charge in [0.15, 0.2) is 0 Å². The van der Waals surface area contributed by atoms with Crippen molar-refractivity contribution in [2.75, 3.05) is 0 Å². The van der Waals surface area contributed by atoms with E-state index in [0.717, 1.165) is 29.9 Å². The lowest BCUT2D eigenvalue weighted by Crippen LogP contribution is -2.12. The number of nitrogens with one attached hydrogen (secondary N) is 1. The Balaban J connectivity index is 0.000000606. The van der Waals surface area contributed by atoms with Gasteiger partial charge in [0.25, 0.3) is 0 Å². The van der Waals surface area contributed by atoms with Crippen LogP contribution in [0.15, 0.2) is 36.6 Å². The van der Waals surface area contributed by atoms with Gasteiger partial charge < -0.3 is 5.32 Å². The SMILES string of the molecule is C=C1/C=C\NCc2nc(C)ccc2C1.CC. The van der Waals surface area contributed by atoms with Crippen molar-refractivity contribution in [2.45, 2.75) is 33.7 Å². The van der Waals surface area contributed by atoms with Crippen molar-refractivity contribution in [3.8, 4) is 0 Å². The summed E-state index contributed by atoms with van der Waals surface area (Å²) in [6.45, 7) is 10.8. The van der Waals surface area contributed by atoms with Gasteiger partial charge in [-0.05, 0) is 42.8 Å². The van der Waals surface area contributed by atoms with Crippen LogP contribution in [0.5, 0.6) is 0 Å². The molecule has 86 valence electrons. The molecule has 2 heterocycles. The average Bonchev–Trinajstić information content (AvgIpc) is 2.28. The zero-order valence-corrected chi connectivity index (χ0v) is 10.4. The fraction of sp³-hybridized carbons (Fsp3) is 0.357. The highest BCUT2D eigenvalue weighted by molar-refractivity contribution is 5.31. The molecule has 0 unspecified atom stereocenters. The largest absolute Gasteiger partial charge is 0.385 e. The summed E-state index contributed by atoms with van der Waals surface area (Å²) in [4.78, 5) is 4.51. The van der Waals surface area contributed by atoms with E-state index in [1.807, 2.05) is 33.0 Å². The Labute approximate surface area is 98.1 Å². The summed E-state index contributed by atoms with van der Waals surface area (Å²) in [6, 6.07) is 4.20. The fourth-order valence-corrected chi connectivity index (χ4v) is 1.59. The van der Waals surface area contributed by atoms with E-state index in [-0.39, 0.29) is 0 Å². The molecule has 2 rings (SSSR count). The molecule has 0 fully saturated rings. The molecule has 0 saturated carbocycles. The molecule has 1 N–H and O–H groups in total. The van der Waals surface area contributed by atoms with Crippen molar-refractivity contribution in [1.82, 2.24) is 10.3 Å². The van der Waals surface area contributed by atoms with E-state index in [1.165, 1.54) is 5.56 Å². The van der Waals surface area contributed by atoms with Gasteiger partial charge in [-0.2, -0.15) is 0 Å². The minimum atomic E-state index is 0.806. The first kappa shape index (κ1) is 12.5. The molecule has 1 aliphatic heterocycles. The fourth-order valence-electron chi connectivity index (χ4n) is 1.59. The first-order chi connectivity index (χ1) is 7.75. The quantitative estimate of drug-likeness (QED) is 0.720. The van der Waals surface area contributed by atoms with Crippen LogP contribution in [0.3, 0.4) is 0 Å². The standard InChI is InChI=1S/C12H14N2.C2H6/c1-9-5-6-13-8-12-11(7-9)4-3-10(2)14-12;1-2/h3-6,13H,1,7-8H2,2H3;1-2H3/b6-5-;.